The Labute approximate surface area is 132 Å². The molecule has 0 atom stereocenters. The number of carbonyl (C=O) groups is 1. The average Bonchev–Trinajstić information content (AvgIpc) is 3.10. The number of anilines is 1. The van der Waals surface area contributed by atoms with E-state index in [4.69, 9.17) is 0 Å². The van der Waals surface area contributed by atoms with E-state index in [9.17, 15) is 4.79 Å². The lowest BCUT2D eigenvalue weighted by atomic mass is 10.2. The van der Waals surface area contributed by atoms with E-state index < -0.39 is 0 Å². The van der Waals surface area contributed by atoms with Crippen LogP contribution in [0.15, 0.2) is 24.3 Å². The Morgan fingerprint density at radius 1 is 1.32 bits per heavy atom. The van der Waals surface area contributed by atoms with Crippen LogP contribution in [-0.2, 0) is 11.2 Å². The van der Waals surface area contributed by atoms with E-state index in [1.54, 1.807) is 4.52 Å². The van der Waals surface area contributed by atoms with Crippen molar-refractivity contribution in [2.45, 2.75) is 33.1 Å². The molecule has 1 amide bonds. The van der Waals surface area contributed by atoms with Crippen molar-refractivity contribution in [2.75, 3.05) is 5.32 Å². The molecule has 1 aromatic carbocycles. The summed E-state index contributed by atoms with van der Waals surface area (Å²) in [4.78, 5) is 12.3. The number of benzene rings is 1. The fourth-order valence-electron chi connectivity index (χ4n) is 2.13. The van der Waals surface area contributed by atoms with Gasteiger partial charge in [-0.3, -0.25) is 4.79 Å². The molecule has 0 radical (unpaired) electrons. The monoisotopic (exact) mass is 315 g/mol. The van der Waals surface area contributed by atoms with Gasteiger partial charge in [-0.2, -0.15) is 9.61 Å². The summed E-state index contributed by atoms with van der Waals surface area (Å²) in [6, 6.07) is 7.70. The van der Waals surface area contributed by atoms with E-state index in [2.05, 4.69) is 27.5 Å². The Morgan fingerprint density at radius 2 is 2.18 bits per heavy atom. The molecule has 0 aliphatic carbocycles. The van der Waals surface area contributed by atoms with E-state index in [1.807, 2.05) is 31.2 Å². The summed E-state index contributed by atoms with van der Waals surface area (Å²) < 4.78 is 1.81. The predicted molar refractivity (Wildman–Crippen MR) is 87.0 cm³/mol. The maximum atomic E-state index is 11.5. The molecular formula is C15H17N5OS. The quantitative estimate of drug-likeness (QED) is 0.785. The third kappa shape index (κ3) is 2.85. The number of hydrogen-bond donors (Lipinski definition) is 1. The standard InChI is InChI=1S/C15H17N5OS/c1-3-6-12-17-18-15-20(12)19-14(22-15)10-7-5-8-11(9-10)16-13(21)4-2/h5,7-9H,3-4,6H2,1-2H3,(H,16,21). The summed E-state index contributed by atoms with van der Waals surface area (Å²) in [6.07, 6.45) is 2.32. The molecule has 7 heteroatoms. The molecule has 0 unspecified atom stereocenters. The minimum atomic E-state index is 0.000485. The van der Waals surface area contributed by atoms with Gasteiger partial charge >= 0.3 is 0 Å². The molecular weight excluding hydrogens is 298 g/mol. The Kier molecular flexibility index (Phi) is 4.15. The summed E-state index contributed by atoms with van der Waals surface area (Å²) in [6.45, 7) is 3.94. The number of carbonyl (C=O) groups excluding carboxylic acids is 1. The van der Waals surface area contributed by atoms with E-state index >= 15 is 0 Å². The third-order valence-corrected chi connectivity index (χ3v) is 4.19. The van der Waals surface area contributed by atoms with Gasteiger partial charge in [0.1, 0.15) is 5.01 Å². The van der Waals surface area contributed by atoms with E-state index in [0.717, 1.165) is 39.9 Å². The summed E-state index contributed by atoms with van der Waals surface area (Å²) in [5, 5.41) is 16.7. The molecule has 1 N–H and O–H groups in total. The van der Waals surface area contributed by atoms with Crippen LogP contribution < -0.4 is 5.32 Å². The van der Waals surface area contributed by atoms with Crippen molar-refractivity contribution in [3.05, 3.63) is 30.1 Å². The molecule has 22 heavy (non-hydrogen) atoms. The molecule has 114 valence electrons. The average molecular weight is 315 g/mol. The molecule has 0 spiro atoms. The highest BCUT2D eigenvalue weighted by Crippen LogP contribution is 2.27. The Balaban J connectivity index is 1.93. The highest BCUT2D eigenvalue weighted by atomic mass is 32.1. The van der Waals surface area contributed by atoms with Crippen LogP contribution in [0.1, 0.15) is 32.5 Å². The number of nitrogens with one attached hydrogen (secondary N) is 1. The van der Waals surface area contributed by atoms with Gasteiger partial charge < -0.3 is 5.32 Å². The number of aryl methyl sites for hydroxylation is 1. The molecule has 6 nitrogen and oxygen atoms in total. The molecule has 0 saturated heterocycles. The third-order valence-electron chi connectivity index (χ3n) is 3.24. The van der Waals surface area contributed by atoms with Gasteiger partial charge in [-0.05, 0) is 18.6 Å². The molecule has 3 aromatic rings. The van der Waals surface area contributed by atoms with Crippen LogP contribution in [0.3, 0.4) is 0 Å². The number of fused-ring (bicyclic) bond motifs is 1. The zero-order chi connectivity index (χ0) is 15.5. The molecule has 2 heterocycles. The zero-order valence-electron chi connectivity index (χ0n) is 12.5. The van der Waals surface area contributed by atoms with Crippen LogP contribution in [0.25, 0.3) is 15.5 Å². The van der Waals surface area contributed by atoms with Gasteiger partial charge in [-0.1, -0.05) is 37.3 Å². The van der Waals surface area contributed by atoms with Crippen LogP contribution in [0.4, 0.5) is 5.69 Å². The van der Waals surface area contributed by atoms with Gasteiger partial charge in [0.2, 0.25) is 10.9 Å². The minimum Gasteiger partial charge on any atom is -0.326 e. The molecule has 2 aromatic heterocycles. The summed E-state index contributed by atoms with van der Waals surface area (Å²) >= 11 is 1.50. The lowest BCUT2D eigenvalue weighted by Crippen LogP contribution is -2.09. The largest absolute Gasteiger partial charge is 0.326 e. The molecule has 3 rings (SSSR count). The van der Waals surface area contributed by atoms with Gasteiger partial charge in [0.05, 0.1) is 0 Å². The van der Waals surface area contributed by atoms with Gasteiger partial charge in [0.15, 0.2) is 5.82 Å². The van der Waals surface area contributed by atoms with E-state index in [0.29, 0.717) is 6.42 Å². The lowest BCUT2D eigenvalue weighted by molar-refractivity contribution is -0.115. The zero-order valence-corrected chi connectivity index (χ0v) is 13.4. The van der Waals surface area contributed by atoms with Crippen molar-refractivity contribution in [1.29, 1.82) is 0 Å². The Morgan fingerprint density at radius 3 is 2.95 bits per heavy atom. The number of aromatic nitrogens is 4. The van der Waals surface area contributed by atoms with Gasteiger partial charge in [0, 0.05) is 24.1 Å². The van der Waals surface area contributed by atoms with Gasteiger partial charge in [0.25, 0.3) is 0 Å². The first kappa shape index (κ1) is 14.6. The topological polar surface area (TPSA) is 72.2 Å². The lowest BCUT2D eigenvalue weighted by Gasteiger charge is -2.04. The first-order valence-electron chi connectivity index (χ1n) is 7.32. The van der Waals surface area contributed by atoms with Crippen LogP contribution in [0.5, 0.6) is 0 Å². The summed E-state index contributed by atoms with van der Waals surface area (Å²) in [5.41, 5.74) is 1.75. The van der Waals surface area contributed by atoms with E-state index in [-0.39, 0.29) is 5.91 Å². The summed E-state index contributed by atoms with van der Waals surface area (Å²) in [5.74, 6) is 0.885. The van der Waals surface area contributed by atoms with Crippen molar-refractivity contribution < 1.29 is 4.79 Å². The van der Waals surface area contributed by atoms with Crippen LogP contribution in [0.2, 0.25) is 0 Å². The maximum absolute atomic E-state index is 11.5. The van der Waals surface area contributed by atoms with Crippen LogP contribution in [0, 0.1) is 0 Å². The number of hydrogen-bond acceptors (Lipinski definition) is 5. The maximum Gasteiger partial charge on any atom is 0.234 e. The minimum absolute atomic E-state index is 0.000485. The molecule has 0 aliphatic rings. The fourth-order valence-corrected chi connectivity index (χ4v) is 2.99. The molecule has 0 bridgehead atoms. The van der Waals surface area contributed by atoms with E-state index in [1.165, 1.54) is 11.3 Å². The number of nitrogens with zero attached hydrogens (tertiary/aromatic N) is 4. The highest BCUT2D eigenvalue weighted by Gasteiger charge is 2.12. The highest BCUT2D eigenvalue weighted by molar-refractivity contribution is 7.19. The SMILES string of the molecule is CCCc1nnc2sc(-c3cccc(NC(=O)CC)c3)nn12. The van der Waals surface area contributed by atoms with Crippen molar-refractivity contribution in [1.82, 2.24) is 19.8 Å². The molecule has 0 aliphatic heterocycles. The predicted octanol–water partition coefficient (Wildman–Crippen LogP) is 3.15. The first-order chi connectivity index (χ1) is 10.7. The second kappa shape index (κ2) is 6.23. The van der Waals surface area contributed by atoms with Crippen molar-refractivity contribution in [3.63, 3.8) is 0 Å². The number of amides is 1. The van der Waals surface area contributed by atoms with Gasteiger partial charge in [-0.15, -0.1) is 10.2 Å². The first-order valence-corrected chi connectivity index (χ1v) is 8.14. The normalized spacial score (nSPS) is 11.0. The molecule has 0 fully saturated rings. The second-order valence-corrected chi connectivity index (χ2v) is 5.91. The fraction of sp³-hybridized carbons (Fsp3) is 0.333. The Hall–Kier alpha value is -2.28. The van der Waals surface area contributed by atoms with Crippen molar-refractivity contribution in [2.24, 2.45) is 0 Å². The molecule has 0 saturated carbocycles. The number of rotatable bonds is 5. The van der Waals surface area contributed by atoms with Crippen molar-refractivity contribution >= 4 is 27.9 Å². The van der Waals surface area contributed by atoms with Crippen LogP contribution in [-0.4, -0.2) is 25.7 Å². The van der Waals surface area contributed by atoms with Crippen molar-refractivity contribution in [3.8, 4) is 10.6 Å². The van der Waals surface area contributed by atoms with Crippen LogP contribution >= 0.6 is 11.3 Å². The second-order valence-electron chi connectivity index (χ2n) is 4.95. The summed E-state index contributed by atoms with van der Waals surface area (Å²) in [7, 11) is 0. The van der Waals surface area contributed by atoms with Gasteiger partial charge in [-0.25, -0.2) is 0 Å². The Bertz CT molecular complexity index is 807. The smallest absolute Gasteiger partial charge is 0.234 e.